The molecule has 0 radical (unpaired) electrons. The molecule has 0 bridgehead atoms. The van der Waals surface area contributed by atoms with Crippen molar-refractivity contribution in [3.8, 4) is 0 Å². The van der Waals surface area contributed by atoms with Gasteiger partial charge >= 0.3 is 0 Å². The monoisotopic (exact) mass is 302 g/mol. The fourth-order valence-corrected chi connectivity index (χ4v) is 3.39. The summed E-state index contributed by atoms with van der Waals surface area (Å²) < 4.78 is 0. The zero-order valence-corrected chi connectivity index (χ0v) is 12.5. The van der Waals surface area contributed by atoms with Crippen molar-refractivity contribution in [3.63, 3.8) is 0 Å². The molecule has 2 N–H and O–H groups in total. The maximum Gasteiger partial charge on any atom is 0.251 e. The molecular formula is C15H18N4OS. The first-order valence-electron chi connectivity index (χ1n) is 7.20. The second kappa shape index (κ2) is 6.76. The lowest BCUT2D eigenvalue weighted by Crippen LogP contribution is -2.33. The molecule has 1 saturated carbocycles. The highest BCUT2D eigenvalue weighted by Crippen LogP contribution is 2.22. The van der Waals surface area contributed by atoms with Crippen LogP contribution in [0.2, 0.25) is 0 Å². The highest BCUT2D eigenvalue weighted by Gasteiger charge is 2.19. The maximum absolute atomic E-state index is 12.4. The molecule has 0 saturated heterocycles. The van der Waals surface area contributed by atoms with Crippen LogP contribution in [0.5, 0.6) is 0 Å². The zero-order chi connectivity index (χ0) is 14.5. The summed E-state index contributed by atoms with van der Waals surface area (Å²) in [5, 5.41) is 10.5. The fourth-order valence-electron chi connectivity index (χ4n) is 2.61. The molecular weight excluding hydrogens is 284 g/mol. The number of aromatic nitrogens is 3. The molecule has 1 aromatic heterocycles. The quantitative estimate of drug-likeness (QED) is 0.833. The third kappa shape index (κ3) is 3.64. The molecule has 6 heteroatoms. The summed E-state index contributed by atoms with van der Waals surface area (Å²) in [6, 6.07) is 8.09. The highest BCUT2D eigenvalue weighted by atomic mass is 32.2. The van der Waals surface area contributed by atoms with Gasteiger partial charge in [-0.15, -0.1) is 0 Å². The average molecular weight is 302 g/mol. The van der Waals surface area contributed by atoms with Gasteiger partial charge in [0.05, 0.1) is 0 Å². The number of thioether (sulfide) groups is 1. The Morgan fingerprint density at radius 1 is 1.33 bits per heavy atom. The molecule has 0 aliphatic heterocycles. The van der Waals surface area contributed by atoms with Gasteiger partial charge in [0.15, 0.2) is 5.16 Å². The van der Waals surface area contributed by atoms with Crippen molar-refractivity contribution in [2.75, 3.05) is 0 Å². The molecule has 1 heterocycles. The molecule has 3 rings (SSSR count). The van der Waals surface area contributed by atoms with E-state index >= 15 is 0 Å². The van der Waals surface area contributed by atoms with Crippen molar-refractivity contribution in [2.24, 2.45) is 0 Å². The largest absolute Gasteiger partial charge is 0.349 e. The SMILES string of the molecule is O=C(NC1CCCC1)c1ccccc1CSc1ncn[nH]1. The van der Waals surface area contributed by atoms with Crippen LogP contribution in [0, 0.1) is 0 Å². The van der Waals surface area contributed by atoms with E-state index in [0.29, 0.717) is 11.8 Å². The van der Waals surface area contributed by atoms with Crippen molar-refractivity contribution in [3.05, 3.63) is 41.7 Å². The van der Waals surface area contributed by atoms with Crippen LogP contribution in [0.4, 0.5) is 0 Å². The Kier molecular flexibility index (Phi) is 4.55. The second-order valence-electron chi connectivity index (χ2n) is 5.19. The molecule has 1 fully saturated rings. The lowest BCUT2D eigenvalue weighted by atomic mass is 10.1. The summed E-state index contributed by atoms with van der Waals surface area (Å²) in [7, 11) is 0. The van der Waals surface area contributed by atoms with Gasteiger partial charge in [-0.1, -0.05) is 42.8 Å². The number of carbonyl (C=O) groups is 1. The van der Waals surface area contributed by atoms with E-state index < -0.39 is 0 Å². The molecule has 21 heavy (non-hydrogen) atoms. The third-order valence-corrected chi connectivity index (χ3v) is 4.64. The summed E-state index contributed by atoms with van der Waals surface area (Å²) >= 11 is 1.55. The standard InChI is InChI=1S/C15H18N4OS/c20-14(18-12-6-2-3-7-12)13-8-4-1-5-11(13)9-21-15-16-10-17-19-15/h1,4-5,8,10,12H,2-3,6-7,9H2,(H,18,20)(H,16,17,19). The minimum absolute atomic E-state index is 0.0377. The smallest absolute Gasteiger partial charge is 0.251 e. The van der Waals surface area contributed by atoms with E-state index in [1.165, 1.54) is 19.2 Å². The lowest BCUT2D eigenvalue weighted by molar-refractivity contribution is 0.0937. The Morgan fingerprint density at radius 2 is 2.14 bits per heavy atom. The second-order valence-corrected chi connectivity index (χ2v) is 6.16. The Morgan fingerprint density at radius 3 is 2.90 bits per heavy atom. The summed E-state index contributed by atoms with van der Waals surface area (Å²) in [5.41, 5.74) is 1.78. The van der Waals surface area contributed by atoms with E-state index in [0.717, 1.165) is 29.1 Å². The minimum atomic E-state index is 0.0377. The molecule has 1 aliphatic carbocycles. The van der Waals surface area contributed by atoms with Gasteiger partial charge in [0.2, 0.25) is 0 Å². The van der Waals surface area contributed by atoms with Crippen molar-refractivity contribution in [1.29, 1.82) is 0 Å². The van der Waals surface area contributed by atoms with Gasteiger partial charge in [0.1, 0.15) is 6.33 Å². The number of aromatic amines is 1. The number of rotatable bonds is 5. The predicted molar refractivity (Wildman–Crippen MR) is 82.1 cm³/mol. The predicted octanol–water partition coefficient (Wildman–Crippen LogP) is 2.77. The normalized spacial score (nSPS) is 15.2. The molecule has 0 atom stereocenters. The van der Waals surface area contributed by atoms with Crippen LogP contribution in [-0.4, -0.2) is 27.1 Å². The molecule has 1 aromatic carbocycles. The van der Waals surface area contributed by atoms with Crippen LogP contribution < -0.4 is 5.32 Å². The number of nitrogens with one attached hydrogen (secondary N) is 2. The van der Waals surface area contributed by atoms with Gasteiger partial charge in [-0.3, -0.25) is 9.89 Å². The van der Waals surface area contributed by atoms with Gasteiger partial charge in [-0.25, -0.2) is 4.98 Å². The van der Waals surface area contributed by atoms with Crippen LogP contribution in [0.15, 0.2) is 35.7 Å². The van der Waals surface area contributed by atoms with E-state index in [4.69, 9.17) is 0 Å². The number of hydrogen-bond acceptors (Lipinski definition) is 4. The van der Waals surface area contributed by atoms with E-state index in [1.54, 1.807) is 11.8 Å². The molecule has 110 valence electrons. The highest BCUT2D eigenvalue weighted by molar-refractivity contribution is 7.98. The molecule has 0 spiro atoms. The summed E-state index contributed by atoms with van der Waals surface area (Å²) in [5.74, 6) is 0.736. The fraction of sp³-hybridized carbons (Fsp3) is 0.400. The van der Waals surface area contributed by atoms with E-state index in [9.17, 15) is 4.79 Å². The first kappa shape index (κ1) is 14.1. The zero-order valence-electron chi connectivity index (χ0n) is 11.7. The van der Waals surface area contributed by atoms with Crippen molar-refractivity contribution in [1.82, 2.24) is 20.5 Å². The van der Waals surface area contributed by atoms with Crippen LogP contribution >= 0.6 is 11.8 Å². The first-order valence-corrected chi connectivity index (χ1v) is 8.18. The molecule has 1 aliphatic rings. The summed E-state index contributed by atoms with van der Waals surface area (Å²) in [6.45, 7) is 0. The lowest BCUT2D eigenvalue weighted by Gasteiger charge is -2.14. The van der Waals surface area contributed by atoms with E-state index in [2.05, 4.69) is 20.5 Å². The molecule has 2 aromatic rings. The van der Waals surface area contributed by atoms with Crippen LogP contribution in [-0.2, 0) is 5.75 Å². The minimum Gasteiger partial charge on any atom is -0.349 e. The third-order valence-electron chi connectivity index (χ3n) is 3.71. The van der Waals surface area contributed by atoms with Gasteiger partial charge in [0.25, 0.3) is 5.91 Å². The summed E-state index contributed by atoms with van der Waals surface area (Å²) in [4.78, 5) is 16.5. The number of amides is 1. The van der Waals surface area contributed by atoms with Gasteiger partial charge in [-0.2, -0.15) is 5.10 Å². The molecule has 1 amide bonds. The van der Waals surface area contributed by atoms with Crippen LogP contribution in [0.25, 0.3) is 0 Å². The van der Waals surface area contributed by atoms with Gasteiger partial charge < -0.3 is 5.32 Å². The van der Waals surface area contributed by atoms with E-state index in [1.807, 2.05) is 24.3 Å². The number of hydrogen-bond donors (Lipinski definition) is 2. The average Bonchev–Trinajstić information content (AvgIpc) is 3.18. The summed E-state index contributed by atoms with van der Waals surface area (Å²) in [6.07, 6.45) is 6.12. The number of H-pyrrole nitrogens is 1. The number of carbonyl (C=O) groups excluding carboxylic acids is 1. The topological polar surface area (TPSA) is 70.7 Å². The van der Waals surface area contributed by atoms with Gasteiger partial charge in [0, 0.05) is 17.4 Å². The maximum atomic E-state index is 12.4. The number of benzene rings is 1. The van der Waals surface area contributed by atoms with Crippen molar-refractivity contribution >= 4 is 17.7 Å². The number of nitrogens with zero attached hydrogens (tertiary/aromatic N) is 2. The van der Waals surface area contributed by atoms with Crippen LogP contribution in [0.3, 0.4) is 0 Å². The molecule has 0 unspecified atom stereocenters. The van der Waals surface area contributed by atoms with Crippen molar-refractivity contribution < 1.29 is 4.79 Å². The Balaban J connectivity index is 1.67. The van der Waals surface area contributed by atoms with Crippen LogP contribution in [0.1, 0.15) is 41.6 Å². The van der Waals surface area contributed by atoms with Gasteiger partial charge in [-0.05, 0) is 24.5 Å². The molecule has 5 nitrogen and oxygen atoms in total. The Hall–Kier alpha value is -1.82. The Bertz CT molecular complexity index is 593. The van der Waals surface area contributed by atoms with Crippen molar-refractivity contribution in [2.45, 2.75) is 42.6 Å². The van der Waals surface area contributed by atoms with E-state index in [-0.39, 0.29) is 5.91 Å². The Labute approximate surface area is 127 Å². The first-order chi connectivity index (χ1) is 10.3.